The predicted molar refractivity (Wildman–Crippen MR) is 107 cm³/mol. The largest absolute Gasteiger partial charge is 0.390 e. The first kappa shape index (κ1) is 20.0. The molecule has 2 aromatic rings. The van der Waals surface area contributed by atoms with Gasteiger partial charge in [0.25, 0.3) is 11.8 Å². The normalized spacial score (nSPS) is 15.5. The molecule has 1 aliphatic rings. The highest BCUT2D eigenvalue weighted by Gasteiger charge is 2.23. The fourth-order valence-electron chi connectivity index (χ4n) is 2.56. The predicted octanol–water partition coefficient (Wildman–Crippen LogP) is 2.64. The van der Waals surface area contributed by atoms with E-state index in [-0.39, 0.29) is 30.2 Å². The first-order valence-corrected chi connectivity index (χ1v) is 9.76. The lowest BCUT2D eigenvalue weighted by atomic mass is 10.0. The van der Waals surface area contributed by atoms with E-state index in [0.717, 1.165) is 11.3 Å². The first-order valence-electron chi connectivity index (χ1n) is 8.56. The summed E-state index contributed by atoms with van der Waals surface area (Å²) in [5.41, 5.74) is 2.04. The first-order chi connectivity index (χ1) is 13.4. The molecule has 2 amide bonds. The number of carbonyl (C=O) groups excluding carboxylic acids is 3. The van der Waals surface area contributed by atoms with Crippen LogP contribution in [0.1, 0.15) is 38.9 Å². The summed E-state index contributed by atoms with van der Waals surface area (Å²) in [5.74, 6) is -0.613. The van der Waals surface area contributed by atoms with E-state index < -0.39 is 0 Å². The lowest BCUT2D eigenvalue weighted by Gasteiger charge is -2.09. The van der Waals surface area contributed by atoms with Crippen LogP contribution in [-0.4, -0.2) is 42.5 Å². The van der Waals surface area contributed by atoms with Crippen molar-refractivity contribution in [2.24, 2.45) is 5.16 Å². The summed E-state index contributed by atoms with van der Waals surface area (Å²) >= 11 is 7.05. The Morgan fingerprint density at radius 1 is 1.14 bits per heavy atom. The second-order valence-corrected chi connectivity index (χ2v) is 7.96. The third-order valence-corrected chi connectivity index (χ3v) is 5.23. The van der Waals surface area contributed by atoms with Crippen LogP contribution in [0.2, 0.25) is 4.34 Å². The minimum absolute atomic E-state index is 0.00616. The van der Waals surface area contributed by atoms with E-state index in [2.05, 4.69) is 15.8 Å². The van der Waals surface area contributed by atoms with Gasteiger partial charge in [-0.05, 0) is 36.8 Å². The Morgan fingerprint density at radius 3 is 2.54 bits per heavy atom. The summed E-state index contributed by atoms with van der Waals surface area (Å²) in [7, 11) is 0. The SMILES string of the molecule is CC(=O)CNC(=O)c1ccc(C2=NOC(CNC(=O)c3ccc(Cl)s3)C2)cc1. The van der Waals surface area contributed by atoms with Crippen LogP contribution in [0.25, 0.3) is 0 Å². The Kier molecular flexibility index (Phi) is 6.43. The van der Waals surface area contributed by atoms with Crippen molar-refractivity contribution < 1.29 is 19.2 Å². The van der Waals surface area contributed by atoms with Crippen molar-refractivity contribution >= 4 is 46.2 Å². The van der Waals surface area contributed by atoms with Crippen molar-refractivity contribution in [3.63, 3.8) is 0 Å². The Morgan fingerprint density at radius 2 is 1.89 bits per heavy atom. The average Bonchev–Trinajstić information content (AvgIpc) is 3.33. The molecule has 1 aliphatic heterocycles. The summed E-state index contributed by atoms with van der Waals surface area (Å²) in [6.45, 7) is 1.75. The van der Waals surface area contributed by atoms with Gasteiger partial charge in [0.15, 0.2) is 0 Å². The number of nitrogens with zero attached hydrogens (tertiary/aromatic N) is 1. The minimum atomic E-state index is -0.305. The van der Waals surface area contributed by atoms with E-state index in [0.29, 0.717) is 27.7 Å². The molecule has 146 valence electrons. The zero-order chi connectivity index (χ0) is 20.1. The molecule has 1 unspecified atom stereocenters. The topological polar surface area (TPSA) is 96.9 Å². The summed E-state index contributed by atoms with van der Waals surface area (Å²) < 4.78 is 0.561. The molecule has 7 nitrogen and oxygen atoms in total. The van der Waals surface area contributed by atoms with Gasteiger partial charge in [0.05, 0.1) is 28.0 Å². The number of halogens is 1. The molecule has 0 saturated carbocycles. The average molecular weight is 420 g/mol. The summed E-state index contributed by atoms with van der Waals surface area (Å²) in [6, 6.07) is 10.2. The summed E-state index contributed by atoms with van der Waals surface area (Å²) in [4.78, 5) is 40.9. The molecule has 0 saturated heterocycles. The molecule has 28 heavy (non-hydrogen) atoms. The zero-order valence-corrected chi connectivity index (χ0v) is 16.6. The van der Waals surface area contributed by atoms with Crippen LogP contribution in [0.5, 0.6) is 0 Å². The maximum atomic E-state index is 12.1. The third-order valence-electron chi connectivity index (χ3n) is 4.00. The molecular weight excluding hydrogens is 402 g/mol. The standard InChI is InChI=1S/C19H18ClN3O4S/c1-11(24)9-21-18(25)13-4-2-12(3-5-13)15-8-14(27-23-15)10-22-19(26)16-6-7-17(20)28-16/h2-7,14H,8-10H2,1H3,(H,21,25)(H,22,26). The second kappa shape index (κ2) is 8.99. The highest BCUT2D eigenvalue weighted by molar-refractivity contribution is 7.18. The molecule has 0 spiro atoms. The second-order valence-electron chi connectivity index (χ2n) is 6.25. The highest BCUT2D eigenvalue weighted by atomic mass is 35.5. The lowest BCUT2D eigenvalue weighted by Crippen LogP contribution is -2.31. The Labute approximate surface area is 170 Å². The van der Waals surface area contributed by atoms with E-state index in [4.69, 9.17) is 16.4 Å². The van der Waals surface area contributed by atoms with Gasteiger partial charge in [0.2, 0.25) is 0 Å². The lowest BCUT2D eigenvalue weighted by molar-refractivity contribution is -0.116. The van der Waals surface area contributed by atoms with Crippen molar-refractivity contribution in [2.45, 2.75) is 19.4 Å². The van der Waals surface area contributed by atoms with Crippen LogP contribution in [0.3, 0.4) is 0 Å². The molecular formula is C19H18ClN3O4S. The fraction of sp³-hybridized carbons (Fsp3) is 0.263. The van der Waals surface area contributed by atoms with Gasteiger partial charge in [0.1, 0.15) is 11.9 Å². The van der Waals surface area contributed by atoms with Crippen molar-refractivity contribution in [3.8, 4) is 0 Å². The Balaban J connectivity index is 1.50. The maximum absolute atomic E-state index is 12.1. The van der Waals surface area contributed by atoms with Gasteiger partial charge >= 0.3 is 0 Å². The number of carbonyl (C=O) groups is 3. The van der Waals surface area contributed by atoms with Crippen molar-refractivity contribution in [1.82, 2.24) is 10.6 Å². The molecule has 3 rings (SSSR count). The van der Waals surface area contributed by atoms with Crippen LogP contribution in [0.15, 0.2) is 41.6 Å². The monoisotopic (exact) mass is 419 g/mol. The molecule has 0 radical (unpaired) electrons. The quantitative estimate of drug-likeness (QED) is 0.720. The molecule has 2 N–H and O–H groups in total. The number of nitrogens with one attached hydrogen (secondary N) is 2. The van der Waals surface area contributed by atoms with Crippen LogP contribution < -0.4 is 10.6 Å². The Bertz CT molecular complexity index is 924. The van der Waals surface area contributed by atoms with E-state index in [1.54, 1.807) is 36.4 Å². The van der Waals surface area contributed by atoms with Crippen molar-refractivity contribution in [1.29, 1.82) is 0 Å². The molecule has 2 heterocycles. The molecule has 0 bridgehead atoms. The molecule has 1 atom stereocenters. The van der Waals surface area contributed by atoms with Gasteiger partial charge in [-0.3, -0.25) is 14.4 Å². The number of hydrogen-bond donors (Lipinski definition) is 2. The van der Waals surface area contributed by atoms with E-state index >= 15 is 0 Å². The van der Waals surface area contributed by atoms with Crippen LogP contribution >= 0.6 is 22.9 Å². The molecule has 0 fully saturated rings. The minimum Gasteiger partial charge on any atom is -0.390 e. The number of rotatable bonds is 7. The van der Waals surface area contributed by atoms with Crippen LogP contribution in [0.4, 0.5) is 0 Å². The maximum Gasteiger partial charge on any atom is 0.261 e. The molecule has 0 aliphatic carbocycles. The van der Waals surface area contributed by atoms with E-state index in [9.17, 15) is 14.4 Å². The molecule has 9 heteroatoms. The van der Waals surface area contributed by atoms with Crippen molar-refractivity contribution in [2.75, 3.05) is 13.1 Å². The molecule has 1 aromatic heterocycles. The number of Topliss-reactive ketones (excluding diaryl/α,β-unsaturated/α-hetero) is 1. The zero-order valence-electron chi connectivity index (χ0n) is 15.0. The van der Waals surface area contributed by atoms with Gasteiger partial charge in [-0.25, -0.2) is 0 Å². The van der Waals surface area contributed by atoms with E-state index in [1.165, 1.54) is 18.3 Å². The number of hydrogen-bond acceptors (Lipinski definition) is 6. The fourth-order valence-corrected chi connectivity index (χ4v) is 3.52. The van der Waals surface area contributed by atoms with E-state index in [1.807, 2.05) is 0 Å². The number of oxime groups is 1. The van der Waals surface area contributed by atoms with Gasteiger partial charge in [-0.1, -0.05) is 28.9 Å². The van der Waals surface area contributed by atoms with Gasteiger partial charge < -0.3 is 15.5 Å². The van der Waals surface area contributed by atoms with Crippen LogP contribution in [0, 0.1) is 0 Å². The van der Waals surface area contributed by atoms with Crippen LogP contribution in [-0.2, 0) is 9.63 Å². The number of amides is 2. The van der Waals surface area contributed by atoms with Gasteiger partial charge in [-0.15, -0.1) is 11.3 Å². The van der Waals surface area contributed by atoms with Gasteiger partial charge in [0, 0.05) is 12.0 Å². The summed E-state index contributed by atoms with van der Waals surface area (Å²) in [6.07, 6.45) is 0.286. The highest BCUT2D eigenvalue weighted by Crippen LogP contribution is 2.21. The Hall–Kier alpha value is -2.71. The number of thiophene rings is 1. The smallest absolute Gasteiger partial charge is 0.261 e. The third kappa shape index (κ3) is 5.17. The number of benzene rings is 1. The van der Waals surface area contributed by atoms with Gasteiger partial charge in [-0.2, -0.15) is 0 Å². The van der Waals surface area contributed by atoms with Crippen molar-refractivity contribution in [3.05, 3.63) is 56.7 Å². The number of ketones is 1. The molecule has 1 aromatic carbocycles. The summed E-state index contributed by atoms with van der Waals surface area (Å²) in [5, 5.41) is 9.43.